The molecule has 5 heteroatoms. The van der Waals surface area contributed by atoms with Crippen LogP contribution in [0.1, 0.15) is 0 Å². The number of nitrogens with zero attached hydrogens (tertiary/aromatic N) is 3. The Morgan fingerprint density at radius 2 is 1.76 bits per heavy atom. The van der Waals surface area contributed by atoms with Crippen molar-refractivity contribution in [2.24, 2.45) is 0 Å². The predicted octanol–water partition coefficient (Wildman–Crippen LogP) is 4.23. The van der Waals surface area contributed by atoms with Gasteiger partial charge in [-0.1, -0.05) is 30.3 Å². The van der Waals surface area contributed by atoms with Gasteiger partial charge in [0.05, 0.1) is 11.0 Å². The Labute approximate surface area is 125 Å². The molecule has 4 rings (SSSR count). The third-order valence-corrected chi connectivity index (χ3v) is 3.96. The van der Waals surface area contributed by atoms with Gasteiger partial charge in [0.25, 0.3) is 0 Å². The number of anilines is 2. The van der Waals surface area contributed by atoms with Crippen molar-refractivity contribution in [3.8, 4) is 5.82 Å². The molecule has 0 bridgehead atoms. The number of hydrogen-bond acceptors (Lipinski definition) is 4. The predicted molar refractivity (Wildman–Crippen MR) is 86.5 cm³/mol. The van der Waals surface area contributed by atoms with Crippen LogP contribution in [0.3, 0.4) is 0 Å². The zero-order valence-corrected chi connectivity index (χ0v) is 11.9. The summed E-state index contributed by atoms with van der Waals surface area (Å²) in [5.74, 6) is 0.882. The Balaban J connectivity index is 1.68. The Bertz CT molecular complexity index is 879. The normalized spacial score (nSPS) is 10.9. The van der Waals surface area contributed by atoms with Crippen LogP contribution in [0.5, 0.6) is 0 Å². The topological polar surface area (TPSA) is 42.7 Å². The second-order valence-corrected chi connectivity index (χ2v) is 5.46. The van der Waals surface area contributed by atoms with E-state index in [1.54, 1.807) is 11.3 Å². The molecule has 0 aliphatic carbocycles. The number of fused-ring (bicyclic) bond motifs is 1. The lowest BCUT2D eigenvalue weighted by atomic mass is 10.3. The average Bonchev–Trinajstić information content (AvgIpc) is 3.14. The smallest absolute Gasteiger partial charge is 0.189 e. The van der Waals surface area contributed by atoms with Crippen LogP contribution in [-0.2, 0) is 0 Å². The highest BCUT2D eigenvalue weighted by atomic mass is 32.1. The second kappa shape index (κ2) is 5.03. The van der Waals surface area contributed by atoms with Crippen LogP contribution in [0.4, 0.5) is 10.8 Å². The van der Waals surface area contributed by atoms with Crippen LogP contribution in [0, 0.1) is 0 Å². The molecule has 0 saturated carbocycles. The van der Waals surface area contributed by atoms with Gasteiger partial charge in [0.1, 0.15) is 6.33 Å². The quantitative estimate of drug-likeness (QED) is 0.614. The number of rotatable bonds is 3. The number of thiazole rings is 1. The Kier molecular flexibility index (Phi) is 2.90. The first-order valence-corrected chi connectivity index (χ1v) is 7.48. The third-order valence-electron chi connectivity index (χ3n) is 3.22. The Hall–Kier alpha value is -2.66. The standard InChI is InChI=1S/C16H12N4S/c1-2-6-12(7-3-1)18-16-19-15(10-21-16)20-11-17-13-8-4-5-9-14(13)20/h1-11H,(H,18,19). The number of para-hydroxylation sites is 3. The van der Waals surface area contributed by atoms with Gasteiger partial charge >= 0.3 is 0 Å². The highest BCUT2D eigenvalue weighted by Crippen LogP contribution is 2.24. The summed E-state index contributed by atoms with van der Waals surface area (Å²) in [6.45, 7) is 0. The van der Waals surface area contributed by atoms with Crippen molar-refractivity contribution in [1.29, 1.82) is 0 Å². The summed E-state index contributed by atoms with van der Waals surface area (Å²) in [6, 6.07) is 18.1. The molecule has 0 spiro atoms. The Morgan fingerprint density at radius 1 is 0.952 bits per heavy atom. The van der Waals surface area contributed by atoms with Gasteiger partial charge < -0.3 is 5.32 Å². The number of imidazole rings is 1. The molecule has 102 valence electrons. The summed E-state index contributed by atoms with van der Waals surface area (Å²) < 4.78 is 2.00. The second-order valence-electron chi connectivity index (χ2n) is 4.61. The number of nitrogens with one attached hydrogen (secondary N) is 1. The Morgan fingerprint density at radius 3 is 2.67 bits per heavy atom. The minimum Gasteiger partial charge on any atom is -0.331 e. The van der Waals surface area contributed by atoms with Crippen molar-refractivity contribution in [3.05, 3.63) is 66.3 Å². The first-order valence-electron chi connectivity index (χ1n) is 6.60. The van der Waals surface area contributed by atoms with Crippen LogP contribution >= 0.6 is 11.3 Å². The molecule has 0 amide bonds. The monoisotopic (exact) mass is 292 g/mol. The molecule has 2 aromatic heterocycles. The molecule has 0 radical (unpaired) electrons. The number of benzene rings is 2. The van der Waals surface area contributed by atoms with E-state index < -0.39 is 0 Å². The maximum absolute atomic E-state index is 4.63. The fraction of sp³-hybridized carbons (Fsp3) is 0. The fourth-order valence-electron chi connectivity index (χ4n) is 2.22. The van der Waals surface area contributed by atoms with Gasteiger partial charge in [-0.2, -0.15) is 0 Å². The van der Waals surface area contributed by atoms with E-state index >= 15 is 0 Å². The molecule has 2 aromatic carbocycles. The average molecular weight is 292 g/mol. The van der Waals surface area contributed by atoms with Gasteiger partial charge in [0, 0.05) is 11.1 Å². The molecule has 4 aromatic rings. The van der Waals surface area contributed by atoms with E-state index in [1.807, 2.05) is 70.9 Å². The molecule has 4 nitrogen and oxygen atoms in total. The van der Waals surface area contributed by atoms with Crippen molar-refractivity contribution in [1.82, 2.24) is 14.5 Å². The molecule has 1 N–H and O–H groups in total. The zero-order chi connectivity index (χ0) is 14.1. The van der Waals surface area contributed by atoms with Crippen molar-refractivity contribution < 1.29 is 0 Å². The van der Waals surface area contributed by atoms with E-state index in [-0.39, 0.29) is 0 Å². The molecule has 2 heterocycles. The zero-order valence-electron chi connectivity index (χ0n) is 11.1. The highest BCUT2D eigenvalue weighted by Gasteiger charge is 2.08. The molecular formula is C16H12N4S. The minimum absolute atomic E-state index is 0.869. The van der Waals surface area contributed by atoms with Crippen molar-refractivity contribution in [2.75, 3.05) is 5.32 Å². The number of aromatic nitrogens is 3. The van der Waals surface area contributed by atoms with Crippen LogP contribution in [0.2, 0.25) is 0 Å². The lowest BCUT2D eigenvalue weighted by molar-refractivity contribution is 1.04. The van der Waals surface area contributed by atoms with E-state index in [2.05, 4.69) is 15.3 Å². The van der Waals surface area contributed by atoms with Gasteiger partial charge in [-0.3, -0.25) is 4.57 Å². The summed E-state index contributed by atoms with van der Waals surface area (Å²) in [7, 11) is 0. The minimum atomic E-state index is 0.869. The summed E-state index contributed by atoms with van der Waals surface area (Å²) in [6.07, 6.45) is 1.81. The van der Waals surface area contributed by atoms with E-state index in [0.29, 0.717) is 0 Å². The lowest BCUT2D eigenvalue weighted by Gasteiger charge is -2.01. The van der Waals surface area contributed by atoms with Gasteiger partial charge in [-0.05, 0) is 24.3 Å². The van der Waals surface area contributed by atoms with Crippen LogP contribution in [0.15, 0.2) is 66.3 Å². The van der Waals surface area contributed by atoms with Crippen molar-refractivity contribution in [3.63, 3.8) is 0 Å². The van der Waals surface area contributed by atoms with E-state index in [4.69, 9.17) is 0 Å². The summed E-state index contributed by atoms with van der Waals surface area (Å²) in [5.41, 5.74) is 3.08. The lowest BCUT2D eigenvalue weighted by Crippen LogP contribution is -1.94. The third kappa shape index (κ3) is 2.28. The maximum atomic E-state index is 4.63. The van der Waals surface area contributed by atoms with Crippen molar-refractivity contribution in [2.45, 2.75) is 0 Å². The van der Waals surface area contributed by atoms with Gasteiger partial charge in [-0.15, -0.1) is 11.3 Å². The van der Waals surface area contributed by atoms with Crippen molar-refractivity contribution >= 4 is 33.2 Å². The molecule has 0 atom stereocenters. The first kappa shape index (κ1) is 12.1. The largest absolute Gasteiger partial charge is 0.331 e. The molecular weight excluding hydrogens is 280 g/mol. The SMILES string of the molecule is c1ccc(Nc2nc(-n3cnc4ccccc43)cs2)cc1. The molecule has 0 saturated heterocycles. The number of hydrogen-bond donors (Lipinski definition) is 1. The van der Waals surface area contributed by atoms with E-state index in [9.17, 15) is 0 Å². The van der Waals surface area contributed by atoms with E-state index in [0.717, 1.165) is 27.7 Å². The highest BCUT2D eigenvalue weighted by molar-refractivity contribution is 7.14. The maximum Gasteiger partial charge on any atom is 0.189 e. The van der Waals surface area contributed by atoms with Crippen LogP contribution in [0.25, 0.3) is 16.9 Å². The van der Waals surface area contributed by atoms with Gasteiger partial charge in [-0.25, -0.2) is 9.97 Å². The molecule has 0 unspecified atom stereocenters. The summed E-state index contributed by atoms with van der Waals surface area (Å²) in [4.78, 5) is 9.02. The molecule has 21 heavy (non-hydrogen) atoms. The van der Waals surface area contributed by atoms with E-state index in [1.165, 1.54) is 0 Å². The summed E-state index contributed by atoms with van der Waals surface area (Å²) >= 11 is 1.58. The fourth-order valence-corrected chi connectivity index (χ4v) is 2.93. The summed E-state index contributed by atoms with van der Waals surface area (Å²) in [5, 5.41) is 6.20. The van der Waals surface area contributed by atoms with Gasteiger partial charge in [0.15, 0.2) is 10.9 Å². The molecule has 0 aliphatic heterocycles. The molecule has 0 fully saturated rings. The van der Waals surface area contributed by atoms with Crippen LogP contribution < -0.4 is 5.32 Å². The first-order chi connectivity index (χ1) is 10.4. The van der Waals surface area contributed by atoms with Crippen LogP contribution in [-0.4, -0.2) is 14.5 Å². The van der Waals surface area contributed by atoms with Gasteiger partial charge in [0.2, 0.25) is 0 Å². The molecule has 0 aliphatic rings.